The van der Waals surface area contributed by atoms with Crippen molar-refractivity contribution in [2.75, 3.05) is 11.9 Å². The van der Waals surface area contributed by atoms with Crippen LogP contribution in [-0.4, -0.2) is 11.3 Å². The zero-order chi connectivity index (χ0) is 10.3. The molecule has 1 aromatic rings. The van der Waals surface area contributed by atoms with Crippen molar-refractivity contribution in [1.82, 2.24) is 0 Å². The number of nitrogens with one attached hydrogen (secondary N) is 1. The Morgan fingerprint density at radius 1 is 1.27 bits per heavy atom. The zero-order valence-corrected chi connectivity index (χ0v) is 9.99. The van der Waals surface area contributed by atoms with Gasteiger partial charge in [-0.15, -0.1) is 11.8 Å². The average Bonchev–Trinajstić information content (AvgIpc) is 2.66. The molecule has 0 aromatic heterocycles. The largest absolute Gasteiger partial charge is 0.383 e. The molecule has 80 valence electrons. The van der Waals surface area contributed by atoms with Crippen molar-refractivity contribution in [1.29, 1.82) is 0 Å². The average molecular weight is 219 g/mol. The van der Waals surface area contributed by atoms with Gasteiger partial charge >= 0.3 is 0 Å². The molecule has 1 spiro atoms. The maximum atomic E-state index is 3.60. The van der Waals surface area contributed by atoms with Gasteiger partial charge in [-0.3, -0.25) is 0 Å². The Bertz CT molecular complexity index is 380. The van der Waals surface area contributed by atoms with Crippen LogP contribution < -0.4 is 5.32 Å². The van der Waals surface area contributed by atoms with Crippen LogP contribution in [-0.2, 0) is 0 Å². The molecule has 0 amide bonds. The summed E-state index contributed by atoms with van der Waals surface area (Å²) in [7, 11) is 0. The van der Waals surface area contributed by atoms with Crippen molar-refractivity contribution in [3.05, 3.63) is 23.8 Å². The van der Waals surface area contributed by atoms with Gasteiger partial charge < -0.3 is 5.32 Å². The first-order chi connectivity index (χ1) is 7.27. The molecule has 1 aromatic carbocycles. The predicted molar refractivity (Wildman–Crippen MR) is 66.7 cm³/mol. The second-order valence-electron chi connectivity index (χ2n) is 4.85. The van der Waals surface area contributed by atoms with E-state index >= 15 is 0 Å². The van der Waals surface area contributed by atoms with Gasteiger partial charge in [-0.25, -0.2) is 0 Å². The molecule has 1 fully saturated rings. The van der Waals surface area contributed by atoms with Gasteiger partial charge in [0.1, 0.15) is 0 Å². The number of aryl methyl sites for hydroxylation is 1. The van der Waals surface area contributed by atoms with Crippen LogP contribution in [0.5, 0.6) is 0 Å². The molecule has 1 nitrogen and oxygen atoms in total. The van der Waals surface area contributed by atoms with Crippen LogP contribution in [0.25, 0.3) is 0 Å². The second-order valence-corrected chi connectivity index (χ2v) is 6.36. The topological polar surface area (TPSA) is 12.0 Å². The van der Waals surface area contributed by atoms with Crippen LogP contribution in [0.1, 0.15) is 31.2 Å². The van der Waals surface area contributed by atoms with Crippen molar-refractivity contribution < 1.29 is 0 Å². The Kier molecular flexibility index (Phi) is 2.20. The quantitative estimate of drug-likeness (QED) is 0.712. The smallest absolute Gasteiger partial charge is 0.0479 e. The van der Waals surface area contributed by atoms with E-state index in [0.29, 0.717) is 4.75 Å². The summed E-state index contributed by atoms with van der Waals surface area (Å²) >= 11 is 2.12. The lowest BCUT2D eigenvalue weighted by Crippen LogP contribution is -2.33. The van der Waals surface area contributed by atoms with Gasteiger partial charge in [0.25, 0.3) is 0 Å². The van der Waals surface area contributed by atoms with Crippen molar-refractivity contribution in [3.8, 4) is 0 Å². The highest BCUT2D eigenvalue weighted by Crippen LogP contribution is 2.50. The molecule has 2 heteroatoms. The zero-order valence-electron chi connectivity index (χ0n) is 9.18. The first-order valence-electron chi connectivity index (χ1n) is 5.81. The molecule has 1 saturated carbocycles. The Morgan fingerprint density at radius 2 is 2.07 bits per heavy atom. The van der Waals surface area contributed by atoms with Gasteiger partial charge in [0.2, 0.25) is 0 Å². The fourth-order valence-electron chi connectivity index (χ4n) is 2.68. The van der Waals surface area contributed by atoms with Crippen LogP contribution in [0.4, 0.5) is 5.69 Å². The van der Waals surface area contributed by atoms with Crippen LogP contribution in [0.2, 0.25) is 0 Å². The van der Waals surface area contributed by atoms with E-state index in [1.165, 1.54) is 41.8 Å². The second kappa shape index (κ2) is 3.44. The third-order valence-corrected chi connectivity index (χ3v) is 5.12. The van der Waals surface area contributed by atoms with E-state index in [9.17, 15) is 0 Å². The van der Waals surface area contributed by atoms with Gasteiger partial charge in [0.15, 0.2) is 0 Å². The summed E-state index contributed by atoms with van der Waals surface area (Å²) in [6.07, 6.45) is 5.60. The van der Waals surface area contributed by atoms with Crippen LogP contribution in [0, 0.1) is 6.92 Å². The van der Waals surface area contributed by atoms with E-state index < -0.39 is 0 Å². The van der Waals surface area contributed by atoms with Crippen LogP contribution in [0.3, 0.4) is 0 Å². The first-order valence-corrected chi connectivity index (χ1v) is 6.63. The molecule has 0 bridgehead atoms. The van der Waals surface area contributed by atoms with Gasteiger partial charge in [-0.1, -0.05) is 18.9 Å². The molecule has 15 heavy (non-hydrogen) atoms. The Hall–Kier alpha value is -0.630. The molecule has 0 saturated heterocycles. The third kappa shape index (κ3) is 1.65. The molecule has 1 aliphatic carbocycles. The van der Waals surface area contributed by atoms with Crippen molar-refractivity contribution >= 4 is 17.4 Å². The van der Waals surface area contributed by atoms with E-state index in [2.05, 4.69) is 42.2 Å². The van der Waals surface area contributed by atoms with E-state index in [1.54, 1.807) is 0 Å². The lowest BCUT2D eigenvalue weighted by atomic mass is 10.1. The molecule has 2 aliphatic rings. The molecule has 0 unspecified atom stereocenters. The highest BCUT2D eigenvalue weighted by Gasteiger charge is 2.37. The molecule has 0 radical (unpaired) electrons. The molecule has 1 N–H and O–H groups in total. The monoisotopic (exact) mass is 219 g/mol. The minimum atomic E-state index is 0.515. The minimum Gasteiger partial charge on any atom is -0.383 e. The summed E-state index contributed by atoms with van der Waals surface area (Å²) in [5, 5.41) is 3.60. The van der Waals surface area contributed by atoms with Crippen molar-refractivity contribution in [2.45, 2.75) is 42.2 Å². The Labute approximate surface area is 95.6 Å². The van der Waals surface area contributed by atoms with Crippen molar-refractivity contribution in [2.24, 2.45) is 0 Å². The number of hydrogen-bond acceptors (Lipinski definition) is 2. The van der Waals surface area contributed by atoms with Crippen LogP contribution >= 0.6 is 11.8 Å². The molecular weight excluding hydrogens is 202 g/mol. The standard InChI is InChI=1S/C13H17NS/c1-10-4-5-11-12(8-10)15-13(9-14-11)6-2-3-7-13/h4-5,8,14H,2-3,6-7,9H2,1H3. The lowest BCUT2D eigenvalue weighted by Gasteiger charge is -2.35. The maximum Gasteiger partial charge on any atom is 0.0479 e. The number of benzene rings is 1. The molecule has 0 atom stereocenters. The fraction of sp³-hybridized carbons (Fsp3) is 0.538. The summed E-state index contributed by atoms with van der Waals surface area (Å²) in [6, 6.07) is 6.74. The maximum absolute atomic E-state index is 3.60. The van der Waals surface area contributed by atoms with Crippen LogP contribution in [0.15, 0.2) is 23.1 Å². The van der Waals surface area contributed by atoms with Gasteiger partial charge in [0.05, 0.1) is 0 Å². The summed E-state index contributed by atoms with van der Waals surface area (Å²) < 4.78 is 0.515. The molecule has 3 rings (SSSR count). The molecule has 1 aliphatic heterocycles. The summed E-state index contributed by atoms with van der Waals surface area (Å²) in [5.74, 6) is 0. The van der Waals surface area contributed by atoms with Gasteiger partial charge in [0, 0.05) is 21.9 Å². The SMILES string of the molecule is Cc1ccc2c(c1)SC1(CCCC1)CN2. The molecular formula is C13H17NS. The van der Waals surface area contributed by atoms with E-state index in [4.69, 9.17) is 0 Å². The number of fused-ring (bicyclic) bond motifs is 1. The summed E-state index contributed by atoms with van der Waals surface area (Å²) in [6.45, 7) is 3.34. The van der Waals surface area contributed by atoms with Gasteiger partial charge in [-0.2, -0.15) is 0 Å². The summed E-state index contributed by atoms with van der Waals surface area (Å²) in [5.41, 5.74) is 2.71. The number of anilines is 1. The highest BCUT2D eigenvalue weighted by molar-refractivity contribution is 8.01. The van der Waals surface area contributed by atoms with E-state index in [0.717, 1.165) is 6.54 Å². The third-order valence-electron chi connectivity index (χ3n) is 3.58. The van der Waals surface area contributed by atoms with E-state index in [-0.39, 0.29) is 0 Å². The number of hydrogen-bond donors (Lipinski definition) is 1. The Balaban J connectivity index is 1.94. The minimum absolute atomic E-state index is 0.515. The summed E-state index contributed by atoms with van der Waals surface area (Å²) in [4.78, 5) is 1.46. The lowest BCUT2D eigenvalue weighted by molar-refractivity contribution is 0.631. The number of thioether (sulfide) groups is 1. The normalized spacial score (nSPS) is 22.5. The molecule has 1 heterocycles. The number of rotatable bonds is 0. The first kappa shape index (κ1) is 9.59. The fourth-order valence-corrected chi connectivity index (χ4v) is 4.28. The van der Waals surface area contributed by atoms with E-state index in [1.807, 2.05) is 0 Å². The Morgan fingerprint density at radius 3 is 2.87 bits per heavy atom. The highest BCUT2D eigenvalue weighted by atomic mass is 32.2. The predicted octanol–water partition coefficient (Wildman–Crippen LogP) is 3.83. The van der Waals surface area contributed by atoms with Gasteiger partial charge in [-0.05, 0) is 37.5 Å². The van der Waals surface area contributed by atoms with Crippen molar-refractivity contribution in [3.63, 3.8) is 0 Å².